The molecule has 140 valence electrons. The molecule has 0 spiro atoms. The van der Waals surface area contributed by atoms with Gasteiger partial charge < -0.3 is 19.5 Å². The number of halogens is 2. The fraction of sp³-hybridized carbons (Fsp3) is 0.529. The molecule has 1 aromatic rings. The molecule has 0 saturated carbocycles. The van der Waals surface area contributed by atoms with Crippen LogP contribution in [0.3, 0.4) is 0 Å². The van der Waals surface area contributed by atoms with Crippen molar-refractivity contribution >= 4 is 43.7 Å². The molecule has 6 nitrogen and oxygen atoms in total. The quantitative estimate of drug-likeness (QED) is 0.411. The Morgan fingerprint density at radius 1 is 1.16 bits per heavy atom. The van der Waals surface area contributed by atoms with Crippen molar-refractivity contribution < 1.29 is 23.8 Å². The van der Waals surface area contributed by atoms with Gasteiger partial charge >= 0.3 is 5.97 Å². The summed E-state index contributed by atoms with van der Waals surface area (Å²) in [5.41, 5.74) is 0.768. The van der Waals surface area contributed by atoms with Gasteiger partial charge in [-0.05, 0) is 24.1 Å². The molecule has 1 amide bonds. The van der Waals surface area contributed by atoms with Crippen LogP contribution in [-0.4, -0.2) is 45.4 Å². The van der Waals surface area contributed by atoms with E-state index in [2.05, 4.69) is 37.2 Å². The molecule has 0 heterocycles. The first-order valence-corrected chi connectivity index (χ1v) is 9.48. The number of carbonyl (C=O) groups is 2. The zero-order valence-electron chi connectivity index (χ0n) is 14.6. The van der Waals surface area contributed by atoms with Crippen molar-refractivity contribution in [3.8, 4) is 5.75 Å². The number of hydrogen-bond acceptors (Lipinski definition) is 5. The Labute approximate surface area is 164 Å². The third-order valence-corrected chi connectivity index (χ3v) is 4.82. The highest BCUT2D eigenvalue weighted by Gasteiger charge is 2.22. The highest BCUT2D eigenvalue weighted by atomic mass is 79.9. The minimum atomic E-state index is -0.731. The Morgan fingerprint density at radius 2 is 1.80 bits per heavy atom. The lowest BCUT2D eigenvalue weighted by Crippen LogP contribution is -2.43. The van der Waals surface area contributed by atoms with Gasteiger partial charge in [0.15, 0.2) is 0 Å². The van der Waals surface area contributed by atoms with Crippen molar-refractivity contribution in [2.45, 2.75) is 32.2 Å². The Morgan fingerprint density at radius 3 is 2.32 bits per heavy atom. The van der Waals surface area contributed by atoms with Crippen LogP contribution < -0.4 is 10.1 Å². The zero-order valence-corrected chi connectivity index (χ0v) is 17.7. The van der Waals surface area contributed by atoms with Crippen molar-refractivity contribution in [3.63, 3.8) is 0 Å². The van der Waals surface area contributed by atoms with E-state index in [-0.39, 0.29) is 12.3 Å². The molecule has 25 heavy (non-hydrogen) atoms. The predicted octanol–water partition coefficient (Wildman–Crippen LogP) is 3.24. The average Bonchev–Trinajstić information content (AvgIpc) is 2.59. The van der Waals surface area contributed by atoms with E-state index in [1.807, 2.05) is 6.92 Å². The molecule has 1 rings (SSSR count). The van der Waals surface area contributed by atoms with Crippen LogP contribution in [0.25, 0.3) is 0 Å². The number of methoxy groups -OCH3 is 2. The van der Waals surface area contributed by atoms with Gasteiger partial charge in [0.1, 0.15) is 11.8 Å². The second-order valence-electron chi connectivity index (χ2n) is 5.29. The van der Waals surface area contributed by atoms with Crippen molar-refractivity contribution in [3.05, 3.63) is 26.6 Å². The number of carbonyl (C=O) groups excluding carboxylic acids is 2. The van der Waals surface area contributed by atoms with Gasteiger partial charge in [-0.25, -0.2) is 4.79 Å². The summed E-state index contributed by atoms with van der Waals surface area (Å²) in [6.07, 6.45) is 1.37. The molecule has 8 heteroatoms. The standard InChI is InChI=1S/C17H23Br2NO5/c1-4-6-25-7-5-15(17(22)24-3)20-16(21)10-12-13(18)8-11(23-2)9-14(12)19/h8-9,15H,4-7,10H2,1-3H3,(H,20,21). The zero-order chi connectivity index (χ0) is 18.8. The number of esters is 1. The summed E-state index contributed by atoms with van der Waals surface area (Å²) in [5, 5.41) is 2.71. The fourth-order valence-corrected chi connectivity index (χ4v) is 3.54. The van der Waals surface area contributed by atoms with Crippen molar-refractivity contribution in [1.29, 1.82) is 0 Å². The molecule has 0 bridgehead atoms. The summed E-state index contributed by atoms with van der Waals surface area (Å²) >= 11 is 6.87. The smallest absolute Gasteiger partial charge is 0.328 e. The fourth-order valence-electron chi connectivity index (χ4n) is 2.11. The van der Waals surface area contributed by atoms with Gasteiger partial charge in [0, 0.05) is 28.6 Å². The maximum absolute atomic E-state index is 12.4. The van der Waals surface area contributed by atoms with E-state index in [0.717, 1.165) is 20.9 Å². The van der Waals surface area contributed by atoms with Crippen LogP contribution in [0.2, 0.25) is 0 Å². The van der Waals surface area contributed by atoms with E-state index >= 15 is 0 Å². The monoisotopic (exact) mass is 479 g/mol. The maximum atomic E-state index is 12.4. The molecule has 0 radical (unpaired) electrons. The third-order valence-electron chi connectivity index (χ3n) is 3.41. The highest BCUT2D eigenvalue weighted by molar-refractivity contribution is 9.11. The van der Waals surface area contributed by atoms with Crippen LogP contribution in [-0.2, 0) is 25.5 Å². The number of ether oxygens (including phenoxy) is 3. The minimum absolute atomic E-state index is 0.106. The van der Waals surface area contributed by atoms with Crippen LogP contribution in [0.15, 0.2) is 21.1 Å². The van der Waals surface area contributed by atoms with Gasteiger partial charge in [0.05, 0.1) is 20.6 Å². The first-order chi connectivity index (χ1) is 11.9. The van der Waals surface area contributed by atoms with E-state index in [0.29, 0.717) is 25.4 Å². The number of benzene rings is 1. The average molecular weight is 481 g/mol. The normalized spacial score (nSPS) is 11.7. The summed E-state index contributed by atoms with van der Waals surface area (Å²) in [6.45, 7) is 3.00. The Kier molecular flexibility index (Phi) is 10.1. The van der Waals surface area contributed by atoms with E-state index in [1.165, 1.54) is 7.11 Å². The van der Waals surface area contributed by atoms with Gasteiger partial charge in [-0.3, -0.25) is 4.79 Å². The van der Waals surface area contributed by atoms with Crippen LogP contribution >= 0.6 is 31.9 Å². The Balaban J connectivity index is 2.72. The molecular weight excluding hydrogens is 458 g/mol. The van der Waals surface area contributed by atoms with Gasteiger partial charge in [0.25, 0.3) is 0 Å². The van der Waals surface area contributed by atoms with Crippen LogP contribution in [0.1, 0.15) is 25.3 Å². The van der Waals surface area contributed by atoms with Crippen molar-refractivity contribution in [2.75, 3.05) is 27.4 Å². The molecule has 0 saturated heterocycles. The SMILES string of the molecule is CCCOCCC(NC(=O)Cc1c(Br)cc(OC)cc1Br)C(=O)OC. The van der Waals surface area contributed by atoms with Crippen LogP contribution in [0, 0.1) is 0 Å². The summed E-state index contributed by atoms with van der Waals surface area (Å²) in [7, 11) is 2.87. The van der Waals surface area contributed by atoms with Gasteiger partial charge in [-0.1, -0.05) is 38.8 Å². The first kappa shape index (κ1) is 21.9. The molecule has 0 aromatic heterocycles. The molecule has 1 N–H and O–H groups in total. The summed E-state index contributed by atoms with van der Waals surface area (Å²) in [5.74, 6) is -0.0952. The Bertz CT molecular complexity index is 571. The number of amides is 1. The third kappa shape index (κ3) is 7.33. The summed E-state index contributed by atoms with van der Waals surface area (Å²) in [4.78, 5) is 24.2. The molecule has 0 fully saturated rings. The molecule has 1 unspecified atom stereocenters. The maximum Gasteiger partial charge on any atom is 0.328 e. The van der Waals surface area contributed by atoms with Crippen molar-refractivity contribution in [1.82, 2.24) is 5.32 Å². The van der Waals surface area contributed by atoms with E-state index in [4.69, 9.17) is 14.2 Å². The minimum Gasteiger partial charge on any atom is -0.497 e. The van der Waals surface area contributed by atoms with E-state index in [9.17, 15) is 9.59 Å². The number of hydrogen-bond donors (Lipinski definition) is 1. The topological polar surface area (TPSA) is 73.9 Å². The summed E-state index contributed by atoms with van der Waals surface area (Å²) in [6, 6.07) is 2.83. The molecule has 1 aromatic carbocycles. The molecular formula is C17H23Br2NO5. The second-order valence-corrected chi connectivity index (χ2v) is 7.00. The lowest BCUT2D eigenvalue weighted by atomic mass is 10.1. The summed E-state index contributed by atoms with van der Waals surface area (Å²) < 4.78 is 16.8. The lowest BCUT2D eigenvalue weighted by Gasteiger charge is -2.17. The Hall–Kier alpha value is -1.12. The predicted molar refractivity (Wildman–Crippen MR) is 102 cm³/mol. The highest BCUT2D eigenvalue weighted by Crippen LogP contribution is 2.31. The van der Waals surface area contributed by atoms with E-state index in [1.54, 1.807) is 19.2 Å². The largest absolute Gasteiger partial charge is 0.497 e. The van der Waals surface area contributed by atoms with Gasteiger partial charge in [-0.2, -0.15) is 0 Å². The van der Waals surface area contributed by atoms with Crippen molar-refractivity contribution in [2.24, 2.45) is 0 Å². The molecule has 0 aliphatic rings. The molecule has 0 aliphatic heterocycles. The molecule has 0 aliphatic carbocycles. The number of nitrogens with one attached hydrogen (secondary N) is 1. The van der Waals surface area contributed by atoms with E-state index < -0.39 is 12.0 Å². The molecule has 1 atom stereocenters. The van der Waals surface area contributed by atoms with Gasteiger partial charge in [-0.15, -0.1) is 0 Å². The second kappa shape index (κ2) is 11.5. The first-order valence-electron chi connectivity index (χ1n) is 7.89. The number of rotatable bonds is 10. The van der Waals surface area contributed by atoms with Gasteiger partial charge in [0.2, 0.25) is 5.91 Å². The lowest BCUT2D eigenvalue weighted by molar-refractivity contribution is -0.145. The van der Waals surface area contributed by atoms with Crippen LogP contribution in [0.5, 0.6) is 5.75 Å². The van der Waals surface area contributed by atoms with Crippen LogP contribution in [0.4, 0.5) is 0 Å².